The van der Waals surface area contributed by atoms with Crippen molar-refractivity contribution in [2.75, 3.05) is 34.3 Å². The number of rotatable bonds is 11. The molecule has 218 valence electrons. The van der Waals surface area contributed by atoms with Crippen LogP contribution in [0.15, 0.2) is 23.3 Å². The summed E-state index contributed by atoms with van der Waals surface area (Å²) in [5.74, 6) is 3.76. The minimum Gasteiger partial charge on any atom is -0.756 e. The van der Waals surface area contributed by atoms with Crippen LogP contribution >= 0.6 is 7.82 Å². The molecule has 0 heterocycles. The molecule has 0 amide bonds. The van der Waals surface area contributed by atoms with Crippen LogP contribution in [0.1, 0.15) is 98.8 Å². The van der Waals surface area contributed by atoms with Gasteiger partial charge in [0.25, 0.3) is 7.82 Å². The third-order valence-electron chi connectivity index (χ3n) is 11.0. The van der Waals surface area contributed by atoms with Gasteiger partial charge in [0.15, 0.2) is 0 Å². The predicted octanol–water partition coefficient (Wildman–Crippen LogP) is 7.52. The van der Waals surface area contributed by atoms with E-state index in [1.54, 1.807) is 5.57 Å². The first-order valence-corrected chi connectivity index (χ1v) is 17.0. The lowest BCUT2D eigenvalue weighted by atomic mass is 9.50. The Hall–Kier alpha value is -0.450. The molecule has 0 radical (unpaired) electrons. The van der Waals surface area contributed by atoms with Crippen LogP contribution in [0, 0.1) is 40.4 Å². The molecule has 3 fully saturated rings. The fourth-order valence-electron chi connectivity index (χ4n) is 8.72. The van der Waals surface area contributed by atoms with Gasteiger partial charge in [-0.15, -0.1) is 0 Å². The topological polar surface area (TPSA) is 58.6 Å². The Bertz CT molecular complexity index is 952. The van der Waals surface area contributed by atoms with E-state index in [9.17, 15) is 9.46 Å². The summed E-state index contributed by atoms with van der Waals surface area (Å²) in [6.45, 7) is 13.1. The highest BCUT2D eigenvalue weighted by molar-refractivity contribution is 7.45. The number of hydrogen-bond acceptors (Lipinski definition) is 4. The number of quaternary nitrogens is 1. The Kier molecular flexibility index (Phi) is 9.18. The van der Waals surface area contributed by atoms with Gasteiger partial charge in [0, 0.05) is 0 Å². The first-order valence-electron chi connectivity index (χ1n) is 15.5. The van der Waals surface area contributed by atoms with Crippen molar-refractivity contribution in [1.29, 1.82) is 0 Å². The number of phosphoric acid groups is 1. The molecule has 3 saturated carbocycles. The van der Waals surface area contributed by atoms with E-state index in [4.69, 9.17) is 9.05 Å². The van der Waals surface area contributed by atoms with Gasteiger partial charge in [-0.1, -0.05) is 77.2 Å². The fourth-order valence-corrected chi connectivity index (χ4v) is 9.63. The minimum atomic E-state index is -4.30. The van der Waals surface area contributed by atoms with E-state index in [-0.39, 0.29) is 18.1 Å². The van der Waals surface area contributed by atoms with Crippen molar-refractivity contribution >= 4 is 7.82 Å². The molecule has 0 aliphatic heterocycles. The van der Waals surface area contributed by atoms with E-state index in [0.717, 1.165) is 30.6 Å². The first kappa shape index (κ1) is 30.5. The Morgan fingerprint density at radius 3 is 2.45 bits per heavy atom. The maximum Gasteiger partial charge on any atom is 0.268 e. The summed E-state index contributed by atoms with van der Waals surface area (Å²) in [7, 11) is 1.76. The number of nitrogens with zero attached hydrogens (tertiary/aromatic N) is 1. The summed E-state index contributed by atoms with van der Waals surface area (Å²) in [5.41, 5.74) is 3.65. The summed E-state index contributed by atoms with van der Waals surface area (Å²) >= 11 is 0. The van der Waals surface area contributed by atoms with Crippen molar-refractivity contribution in [2.24, 2.45) is 40.4 Å². The average Bonchev–Trinajstić information content (AvgIpc) is 3.15. The maximum atomic E-state index is 12.5. The molecule has 8 unspecified atom stereocenters. The lowest BCUT2D eigenvalue weighted by Crippen LogP contribution is -2.46. The Morgan fingerprint density at radius 1 is 1.03 bits per heavy atom. The van der Waals surface area contributed by atoms with E-state index >= 15 is 0 Å². The van der Waals surface area contributed by atoms with Gasteiger partial charge in [0.2, 0.25) is 0 Å². The fraction of sp³-hybridized carbons (Fsp3) is 0.875. The van der Waals surface area contributed by atoms with Gasteiger partial charge >= 0.3 is 0 Å². The van der Waals surface area contributed by atoms with Crippen molar-refractivity contribution in [3.63, 3.8) is 0 Å². The molecule has 5 nitrogen and oxygen atoms in total. The minimum absolute atomic E-state index is 0.129. The lowest BCUT2D eigenvalue weighted by Gasteiger charge is -2.55. The zero-order chi connectivity index (χ0) is 27.9. The van der Waals surface area contributed by atoms with E-state index < -0.39 is 7.82 Å². The van der Waals surface area contributed by atoms with Crippen LogP contribution in [-0.2, 0) is 13.6 Å². The van der Waals surface area contributed by atoms with Gasteiger partial charge in [-0.25, -0.2) is 0 Å². The highest BCUT2D eigenvalue weighted by atomic mass is 31.2. The van der Waals surface area contributed by atoms with Crippen molar-refractivity contribution in [2.45, 2.75) is 105 Å². The Morgan fingerprint density at radius 2 is 1.76 bits per heavy atom. The van der Waals surface area contributed by atoms with Crippen molar-refractivity contribution in [1.82, 2.24) is 0 Å². The van der Waals surface area contributed by atoms with Crippen LogP contribution < -0.4 is 4.89 Å². The predicted molar refractivity (Wildman–Crippen MR) is 154 cm³/mol. The van der Waals surface area contributed by atoms with Crippen LogP contribution in [0.3, 0.4) is 0 Å². The second kappa shape index (κ2) is 11.4. The summed E-state index contributed by atoms with van der Waals surface area (Å²) < 4.78 is 24.0. The van der Waals surface area contributed by atoms with E-state index in [1.807, 2.05) is 21.1 Å². The largest absolute Gasteiger partial charge is 0.756 e. The van der Waals surface area contributed by atoms with Crippen LogP contribution in [-0.4, -0.2) is 44.9 Å². The quantitative estimate of drug-likeness (QED) is 0.197. The molecule has 0 aromatic rings. The zero-order valence-electron chi connectivity index (χ0n) is 25.6. The van der Waals surface area contributed by atoms with Crippen molar-refractivity contribution in [3.05, 3.63) is 23.3 Å². The molecule has 6 heteroatoms. The normalized spacial score (nSPS) is 37.5. The summed E-state index contributed by atoms with van der Waals surface area (Å²) in [4.78, 5) is 12.5. The number of phosphoric ester groups is 1. The smallest absolute Gasteiger partial charge is 0.268 e. The van der Waals surface area contributed by atoms with Gasteiger partial charge < -0.3 is 18.4 Å². The van der Waals surface area contributed by atoms with E-state index in [2.05, 4.69) is 46.8 Å². The second-order valence-electron chi connectivity index (χ2n) is 15.2. The van der Waals surface area contributed by atoms with Gasteiger partial charge in [-0.3, -0.25) is 4.57 Å². The van der Waals surface area contributed by atoms with Crippen molar-refractivity contribution < 1.29 is 23.0 Å². The Labute approximate surface area is 233 Å². The SMILES string of the molecule is CC(C)CCCC(C)C1CCC2C3=CC=C4CC(OP(=O)([O-])OCC[N+](C)(C)C)CCC4(C)C3CCC21C. The van der Waals surface area contributed by atoms with Gasteiger partial charge in [0.1, 0.15) is 13.2 Å². The molecule has 0 spiro atoms. The van der Waals surface area contributed by atoms with Crippen LogP contribution in [0.5, 0.6) is 0 Å². The highest BCUT2D eigenvalue weighted by Gasteiger charge is 2.57. The Balaban J connectivity index is 1.42. The number of likely N-dealkylation sites (N-methyl/N-ethyl adjacent to an activating group) is 1. The van der Waals surface area contributed by atoms with Gasteiger partial charge in [0.05, 0.1) is 27.2 Å². The molecule has 4 rings (SSSR count). The van der Waals surface area contributed by atoms with Crippen molar-refractivity contribution in [3.8, 4) is 0 Å². The standard InChI is InChI=1S/C32H56NO4P/c1-23(2)10-9-11-24(3)28-14-15-29-27-13-12-25-22-26(37-38(34,35)36-21-20-33(6,7)8)16-18-31(25,4)30(27)17-19-32(28,29)5/h12-13,23-24,26,28-30H,9-11,14-22H2,1-8H3. The second-order valence-corrected chi connectivity index (χ2v) is 16.5. The van der Waals surface area contributed by atoms with Crippen LogP contribution in [0.2, 0.25) is 0 Å². The molecular weight excluding hydrogens is 493 g/mol. The van der Waals surface area contributed by atoms with Gasteiger partial charge in [-0.2, -0.15) is 0 Å². The third kappa shape index (κ3) is 6.54. The zero-order valence-corrected chi connectivity index (χ0v) is 26.5. The van der Waals surface area contributed by atoms with Gasteiger partial charge in [-0.05, 0) is 85.4 Å². The molecule has 4 aliphatic carbocycles. The maximum absolute atomic E-state index is 12.5. The number of allylic oxidation sites excluding steroid dienone is 3. The van der Waals surface area contributed by atoms with Crippen LogP contribution in [0.25, 0.3) is 0 Å². The molecule has 0 bridgehead atoms. The molecule has 0 aromatic carbocycles. The molecule has 4 aliphatic rings. The summed E-state index contributed by atoms with van der Waals surface area (Å²) in [6, 6.07) is 0. The molecule has 8 atom stereocenters. The average molecular weight is 550 g/mol. The molecule has 38 heavy (non-hydrogen) atoms. The number of fused-ring (bicyclic) bond motifs is 5. The van der Waals surface area contributed by atoms with E-state index in [1.165, 1.54) is 50.5 Å². The lowest BCUT2D eigenvalue weighted by molar-refractivity contribution is -0.870. The first-order chi connectivity index (χ1) is 17.6. The molecular formula is C32H56NO4P. The monoisotopic (exact) mass is 549 g/mol. The molecule has 0 N–H and O–H groups in total. The summed E-state index contributed by atoms with van der Waals surface area (Å²) in [6.07, 6.45) is 16.4. The number of hydrogen-bond donors (Lipinski definition) is 0. The van der Waals surface area contributed by atoms with Crippen LogP contribution in [0.4, 0.5) is 0 Å². The highest BCUT2D eigenvalue weighted by Crippen LogP contribution is 2.66. The molecule has 0 aromatic heterocycles. The van der Waals surface area contributed by atoms with E-state index in [0.29, 0.717) is 34.7 Å². The summed E-state index contributed by atoms with van der Waals surface area (Å²) in [5, 5.41) is 0. The third-order valence-corrected chi connectivity index (χ3v) is 12.1. The molecule has 0 saturated heterocycles.